The zero-order valence-electron chi connectivity index (χ0n) is 13.1. The number of nitrogens with one attached hydrogen (secondary N) is 1. The summed E-state index contributed by atoms with van der Waals surface area (Å²) in [4.78, 5) is 14.6. The predicted molar refractivity (Wildman–Crippen MR) is 86.2 cm³/mol. The number of rotatable bonds is 1. The monoisotopic (exact) mass is 320 g/mol. The summed E-state index contributed by atoms with van der Waals surface area (Å²) in [6.45, 7) is 6.45. The Bertz CT molecular complexity index is 647. The molecule has 3 heterocycles. The lowest BCUT2D eigenvalue weighted by atomic mass is 9.69. The molecular formula is C17H21ClN2O2. The minimum Gasteiger partial charge on any atom is -0.367 e. The number of carbonyl (C=O) groups excluding carboxylic acids is 1. The second-order valence-electron chi connectivity index (χ2n) is 7.45. The predicted octanol–water partition coefficient (Wildman–Crippen LogP) is 3.90. The number of benzene rings is 1. The summed E-state index contributed by atoms with van der Waals surface area (Å²) in [5, 5.41) is 3.58. The van der Waals surface area contributed by atoms with Gasteiger partial charge in [-0.15, -0.1) is 0 Å². The first kappa shape index (κ1) is 14.3. The van der Waals surface area contributed by atoms with Crippen LogP contribution in [-0.2, 0) is 4.74 Å². The number of carbonyl (C=O) groups is 1. The van der Waals surface area contributed by atoms with E-state index in [2.05, 4.69) is 26.1 Å². The molecule has 4 aliphatic rings. The summed E-state index contributed by atoms with van der Waals surface area (Å²) in [6, 6.07) is 7.73. The number of likely N-dealkylation sites (tertiary alicyclic amines) is 1. The number of urea groups is 1. The van der Waals surface area contributed by atoms with Crippen LogP contribution in [0.4, 0.5) is 10.5 Å². The van der Waals surface area contributed by atoms with E-state index in [0.717, 1.165) is 18.5 Å². The molecule has 1 aromatic rings. The van der Waals surface area contributed by atoms with Gasteiger partial charge in [0, 0.05) is 16.6 Å². The number of amides is 2. The highest BCUT2D eigenvalue weighted by molar-refractivity contribution is 6.30. The fraction of sp³-hybridized carbons (Fsp3) is 0.588. The van der Waals surface area contributed by atoms with E-state index in [9.17, 15) is 4.79 Å². The molecule has 1 saturated carbocycles. The van der Waals surface area contributed by atoms with Crippen LogP contribution in [0.1, 0.15) is 33.6 Å². The van der Waals surface area contributed by atoms with Gasteiger partial charge in [-0.3, -0.25) is 0 Å². The molecule has 4 atom stereocenters. The maximum Gasteiger partial charge on any atom is 0.322 e. The minimum atomic E-state index is -0.214. The van der Waals surface area contributed by atoms with E-state index >= 15 is 0 Å². The first-order valence-electron chi connectivity index (χ1n) is 7.87. The maximum atomic E-state index is 12.6. The summed E-state index contributed by atoms with van der Waals surface area (Å²) < 4.78 is 6.32. The van der Waals surface area contributed by atoms with E-state index in [4.69, 9.17) is 16.3 Å². The van der Waals surface area contributed by atoms with Gasteiger partial charge in [0.25, 0.3) is 0 Å². The van der Waals surface area contributed by atoms with Crippen LogP contribution in [0.15, 0.2) is 24.3 Å². The Morgan fingerprint density at radius 1 is 1.41 bits per heavy atom. The van der Waals surface area contributed by atoms with Crippen molar-refractivity contribution in [3.8, 4) is 0 Å². The van der Waals surface area contributed by atoms with Gasteiger partial charge in [-0.2, -0.15) is 0 Å². The van der Waals surface area contributed by atoms with Crippen LogP contribution in [0.5, 0.6) is 0 Å². The van der Waals surface area contributed by atoms with Crippen molar-refractivity contribution < 1.29 is 9.53 Å². The molecule has 5 heteroatoms. The second-order valence-corrected chi connectivity index (χ2v) is 7.88. The molecule has 2 amide bonds. The van der Waals surface area contributed by atoms with Gasteiger partial charge >= 0.3 is 6.03 Å². The number of anilines is 1. The number of nitrogens with zero attached hydrogens (tertiary/aromatic N) is 1. The van der Waals surface area contributed by atoms with E-state index in [1.165, 1.54) is 0 Å². The smallest absolute Gasteiger partial charge is 0.322 e. The van der Waals surface area contributed by atoms with Crippen LogP contribution in [0.3, 0.4) is 0 Å². The average molecular weight is 321 g/mol. The molecule has 1 aromatic carbocycles. The Labute approximate surface area is 135 Å². The van der Waals surface area contributed by atoms with Gasteiger partial charge in [0.1, 0.15) is 0 Å². The van der Waals surface area contributed by atoms with Crippen LogP contribution in [-0.4, -0.2) is 34.2 Å². The zero-order valence-corrected chi connectivity index (χ0v) is 13.9. The molecule has 1 aliphatic carbocycles. The van der Waals surface area contributed by atoms with Crippen molar-refractivity contribution in [1.82, 2.24) is 4.90 Å². The summed E-state index contributed by atoms with van der Waals surface area (Å²) in [6.07, 6.45) is 2.16. The quantitative estimate of drug-likeness (QED) is 0.797. The lowest BCUT2D eigenvalue weighted by Crippen LogP contribution is -2.58. The lowest BCUT2D eigenvalue weighted by molar-refractivity contribution is -0.214. The van der Waals surface area contributed by atoms with E-state index < -0.39 is 0 Å². The van der Waals surface area contributed by atoms with Crippen molar-refractivity contribution in [3.63, 3.8) is 0 Å². The SMILES string of the molecule is CC1(C)OC2(C)CCC1C1C2N1C(=O)Nc1cccc(Cl)c1. The van der Waals surface area contributed by atoms with Crippen LogP contribution >= 0.6 is 11.6 Å². The maximum absolute atomic E-state index is 12.6. The number of fused-ring (bicyclic) bond motifs is 2. The van der Waals surface area contributed by atoms with Crippen LogP contribution < -0.4 is 5.32 Å². The van der Waals surface area contributed by atoms with Crippen molar-refractivity contribution >= 4 is 23.3 Å². The molecule has 3 saturated heterocycles. The molecular weight excluding hydrogens is 300 g/mol. The highest BCUT2D eigenvalue weighted by Gasteiger charge is 2.72. The largest absolute Gasteiger partial charge is 0.367 e. The van der Waals surface area contributed by atoms with Gasteiger partial charge in [0.15, 0.2) is 0 Å². The third-order valence-electron chi connectivity index (χ3n) is 5.54. The van der Waals surface area contributed by atoms with Crippen molar-refractivity contribution in [3.05, 3.63) is 29.3 Å². The summed E-state index contributed by atoms with van der Waals surface area (Å²) in [7, 11) is 0. The van der Waals surface area contributed by atoms with Crippen LogP contribution in [0.25, 0.3) is 0 Å². The first-order chi connectivity index (χ1) is 10.3. The van der Waals surface area contributed by atoms with E-state index in [1.54, 1.807) is 12.1 Å². The van der Waals surface area contributed by atoms with Gasteiger partial charge in [-0.25, -0.2) is 4.79 Å². The number of hydrogen-bond donors (Lipinski definition) is 1. The molecule has 4 nitrogen and oxygen atoms in total. The third kappa shape index (κ3) is 1.97. The molecule has 0 radical (unpaired) electrons. The number of hydrogen-bond acceptors (Lipinski definition) is 2. The van der Waals surface area contributed by atoms with Gasteiger partial charge in [-0.05, 0) is 51.8 Å². The van der Waals surface area contributed by atoms with Gasteiger partial charge in [-0.1, -0.05) is 17.7 Å². The molecule has 0 aromatic heterocycles. The molecule has 2 bridgehead atoms. The number of ether oxygens (including phenoxy) is 1. The van der Waals surface area contributed by atoms with Crippen molar-refractivity contribution in [2.75, 3.05) is 5.32 Å². The molecule has 4 fully saturated rings. The highest BCUT2D eigenvalue weighted by atomic mass is 35.5. The summed E-state index contributed by atoms with van der Waals surface area (Å²) in [5.74, 6) is 0.421. The fourth-order valence-electron chi connectivity index (χ4n) is 4.64. The van der Waals surface area contributed by atoms with Crippen molar-refractivity contribution in [2.24, 2.45) is 5.92 Å². The highest BCUT2D eigenvalue weighted by Crippen LogP contribution is 2.60. The van der Waals surface area contributed by atoms with E-state index in [1.807, 2.05) is 17.0 Å². The summed E-state index contributed by atoms with van der Waals surface area (Å²) >= 11 is 5.98. The normalized spacial score (nSPS) is 37.6. The minimum absolute atomic E-state index is 0.0447. The van der Waals surface area contributed by atoms with E-state index in [0.29, 0.717) is 17.0 Å². The molecule has 3 aliphatic heterocycles. The third-order valence-corrected chi connectivity index (χ3v) is 5.78. The zero-order chi connectivity index (χ0) is 15.7. The fourth-order valence-corrected chi connectivity index (χ4v) is 4.83. The molecule has 118 valence electrons. The molecule has 22 heavy (non-hydrogen) atoms. The van der Waals surface area contributed by atoms with Crippen LogP contribution in [0, 0.1) is 5.92 Å². The van der Waals surface area contributed by atoms with Gasteiger partial charge in [0.05, 0.1) is 23.3 Å². The molecule has 4 unspecified atom stereocenters. The Hall–Kier alpha value is -1.26. The molecule has 5 rings (SSSR count). The Balaban J connectivity index is 1.55. The lowest BCUT2D eigenvalue weighted by Gasteiger charge is -2.51. The van der Waals surface area contributed by atoms with Crippen molar-refractivity contribution in [2.45, 2.75) is 56.9 Å². The van der Waals surface area contributed by atoms with Gasteiger partial charge < -0.3 is 15.0 Å². The first-order valence-corrected chi connectivity index (χ1v) is 8.25. The van der Waals surface area contributed by atoms with Crippen molar-refractivity contribution in [1.29, 1.82) is 0 Å². The standard InChI is InChI=1S/C17H21ClN2O2/c1-16(2)12-7-8-17(3,22-16)14-13(12)20(14)15(21)19-11-6-4-5-10(18)9-11/h4-6,9,12-14H,7-8H2,1-3H3,(H,19,21). The summed E-state index contributed by atoms with van der Waals surface area (Å²) in [5.41, 5.74) is 0.368. The Kier molecular flexibility index (Phi) is 2.86. The molecule has 0 spiro atoms. The second kappa shape index (κ2) is 4.39. The number of halogens is 1. The van der Waals surface area contributed by atoms with Gasteiger partial charge in [0.2, 0.25) is 0 Å². The molecule has 1 N–H and O–H groups in total. The Morgan fingerprint density at radius 2 is 2.18 bits per heavy atom. The topological polar surface area (TPSA) is 41.3 Å². The Morgan fingerprint density at radius 3 is 2.86 bits per heavy atom. The average Bonchev–Trinajstić information content (AvgIpc) is 3.14. The van der Waals surface area contributed by atoms with Crippen LogP contribution in [0.2, 0.25) is 5.02 Å². The van der Waals surface area contributed by atoms with E-state index in [-0.39, 0.29) is 23.3 Å².